The highest BCUT2D eigenvalue weighted by molar-refractivity contribution is 5.67. The molecular formula is C18H16N6O2. The molecule has 0 aliphatic heterocycles. The average molecular weight is 348 g/mol. The van der Waals surface area contributed by atoms with Gasteiger partial charge in [0.2, 0.25) is 5.82 Å². The lowest BCUT2D eigenvalue weighted by atomic mass is 10.1. The van der Waals surface area contributed by atoms with Crippen LogP contribution in [0.3, 0.4) is 0 Å². The molecule has 0 saturated heterocycles. The average Bonchev–Trinajstić information content (AvgIpc) is 3.29. The van der Waals surface area contributed by atoms with E-state index in [2.05, 4.69) is 20.5 Å². The summed E-state index contributed by atoms with van der Waals surface area (Å²) in [4.78, 5) is 4.41. The van der Waals surface area contributed by atoms with Gasteiger partial charge >= 0.3 is 0 Å². The molecule has 0 bridgehead atoms. The van der Waals surface area contributed by atoms with Gasteiger partial charge in [-0.05, 0) is 24.6 Å². The van der Waals surface area contributed by atoms with Gasteiger partial charge in [-0.25, -0.2) is 0 Å². The van der Waals surface area contributed by atoms with Gasteiger partial charge in [-0.1, -0.05) is 40.7 Å². The van der Waals surface area contributed by atoms with Gasteiger partial charge in [-0.15, -0.1) is 5.10 Å². The molecule has 26 heavy (non-hydrogen) atoms. The maximum Gasteiger partial charge on any atom is 0.282 e. The van der Waals surface area contributed by atoms with Crippen molar-refractivity contribution in [1.82, 2.24) is 25.1 Å². The summed E-state index contributed by atoms with van der Waals surface area (Å²) >= 11 is 0. The highest BCUT2D eigenvalue weighted by Crippen LogP contribution is 2.28. The van der Waals surface area contributed by atoms with Crippen molar-refractivity contribution in [2.24, 2.45) is 0 Å². The molecule has 0 unspecified atom stereocenters. The van der Waals surface area contributed by atoms with Gasteiger partial charge in [-0.3, -0.25) is 0 Å². The number of nitrogen functional groups attached to an aromatic ring is 1. The highest BCUT2D eigenvalue weighted by atomic mass is 16.5. The van der Waals surface area contributed by atoms with Crippen LogP contribution in [0.4, 0.5) is 5.82 Å². The second-order valence-electron chi connectivity index (χ2n) is 5.67. The van der Waals surface area contributed by atoms with Crippen molar-refractivity contribution in [2.45, 2.75) is 6.92 Å². The van der Waals surface area contributed by atoms with Gasteiger partial charge < -0.3 is 15.0 Å². The number of methoxy groups -OCH3 is 1. The standard InChI is InChI=1S/C18H16N6O2/c1-11-6-3-4-9-14(11)17-20-18(26-22-17)15-16(19)24(23-21-15)12-7-5-8-13(10-12)25-2/h3-10H,19H2,1-2H3. The molecule has 0 radical (unpaired) electrons. The number of rotatable bonds is 4. The first kappa shape index (κ1) is 15.8. The third-order valence-electron chi connectivity index (χ3n) is 4.02. The molecule has 2 N–H and O–H groups in total. The van der Waals surface area contributed by atoms with E-state index < -0.39 is 0 Å². The Morgan fingerprint density at radius 1 is 1.12 bits per heavy atom. The number of hydrogen-bond acceptors (Lipinski definition) is 7. The molecule has 4 rings (SSSR count). The molecule has 0 atom stereocenters. The van der Waals surface area contributed by atoms with Crippen molar-refractivity contribution in [3.8, 4) is 34.4 Å². The fraction of sp³-hybridized carbons (Fsp3) is 0.111. The van der Waals surface area contributed by atoms with E-state index in [-0.39, 0.29) is 5.89 Å². The Morgan fingerprint density at radius 3 is 2.77 bits per heavy atom. The zero-order valence-electron chi connectivity index (χ0n) is 14.2. The van der Waals surface area contributed by atoms with Crippen LogP contribution in [-0.2, 0) is 0 Å². The summed E-state index contributed by atoms with van der Waals surface area (Å²) in [5, 5.41) is 12.2. The number of aromatic nitrogens is 5. The molecule has 8 heteroatoms. The Bertz CT molecular complexity index is 1070. The lowest BCUT2D eigenvalue weighted by molar-refractivity contribution is 0.414. The van der Waals surface area contributed by atoms with Crippen molar-refractivity contribution in [3.63, 3.8) is 0 Å². The second kappa shape index (κ2) is 6.32. The first-order valence-electron chi connectivity index (χ1n) is 7.93. The van der Waals surface area contributed by atoms with E-state index in [9.17, 15) is 0 Å². The Balaban J connectivity index is 1.72. The van der Waals surface area contributed by atoms with Gasteiger partial charge in [0.15, 0.2) is 11.5 Å². The predicted molar refractivity (Wildman–Crippen MR) is 95.8 cm³/mol. The molecular weight excluding hydrogens is 332 g/mol. The summed E-state index contributed by atoms with van der Waals surface area (Å²) in [5.41, 5.74) is 9.20. The van der Waals surface area contributed by atoms with E-state index in [0.717, 1.165) is 16.8 Å². The molecule has 0 aliphatic carbocycles. The van der Waals surface area contributed by atoms with Crippen LogP contribution in [0.2, 0.25) is 0 Å². The van der Waals surface area contributed by atoms with Crippen LogP contribution < -0.4 is 10.5 Å². The third-order valence-corrected chi connectivity index (χ3v) is 4.02. The fourth-order valence-electron chi connectivity index (χ4n) is 2.63. The van der Waals surface area contributed by atoms with Gasteiger partial charge in [0.1, 0.15) is 5.75 Å². The molecule has 2 aromatic carbocycles. The number of nitrogens with two attached hydrogens (primary N) is 1. The first-order valence-corrected chi connectivity index (χ1v) is 7.93. The Labute approximate surface area is 149 Å². The zero-order valence-corrected chi connectivity index (χ0v) is 14.2. The summed E-state index contributed by atoms with van der Waals surface area (Å²) in [5.74, 6) is 1.69. The van der Waals surface area contributed by atoms with Gasteiger partial charge in [0, 0.05) is 11.6 Å². The van der Waals surface area contributed by atoms with Crippen LogP contribution in [0, 0.1) is 6.92 Å². The number of anilines is 1. The van der Waals surface area contributed by atoms with Crippen LogP contribution in [0.5, 0.6) is 5.75 Å². The molecule has 0 spiro atoms. The van der Waals surface area contributed by atoms with Crippen LogP contribution >= 0.6 is 0 Å². The summed E-state index contributed by atoms with van der Waals surface area (Å²) in [6.07, 6.45) is 0. The minimum Gasteiger partial charge on any atom is -0.497 e. The minimum absolute atomic E-state index is 0.217. The van der Waals surface area contributed by atoms with Gasteiger partial charge in [-0.2, -0.15) is 9.67 Å². The molecule has 8 nitrogen and oxygen atoms in total. The highest BCUT2D eigenvalue weighted by Gasteiger charge is 2.20. The number of aryl methyl sites for hydroxylation is 1. The Hall–Kier alpha value is -3.68. The summed E-state index contributed by atoms with van der Waals surface area (Å²) in [7, 11) is 1.60. The molecule has 0 amide bonds. The van der Waals surface area contributed by atoms with E-state index in [0.29, 0.717) is 23.1 Å². The Morgan fingerprint density at radius 2 is 1.96 bits per heavy atom. The van der Waals surface area contributed by atoms with E-state index in [1.54, 1.807) is 13.2 Å². The number of benzene rings is 2. The number of nitrogens with zero attached hydrogens (tertiary/aromatic N) is 5. The van der Waals surface area contributed by atoms with Crippen LogP contribution in [0.25, 0.3) is 28.7 Å². The number of ether oxygens (including phenoxy) is 1. The largest absolute Gasteiger partial charge is 0.497 e. The van der Waals surface area contributed by atoms with E-state index in [4.69, 9.17) is 15.0 Å². The maximum atomic E-state index is 6.21. The van der Waals surface area contributed by atoms with Crippen molar-refractivity contribution in [1.29, 1.82) is 0 Å². The normalized spacial score (nSPS) is 10.8. The predicted octanol–water partition coefficient (Wildman–Crippen LogP) is 2.88. The smallest absolute Gasteiger partial charge is 0.282 e. The molecule has 130 valence electrons. The lowest BCUT2D eigenvalue weighted by Crippen LogP contribution is -2.02. The van der Waals surface area contributed by atoms with E-state index >= 15 is 0 Å². The lowest BCUT2D eigenvalue weighted by Gasteiger charge is -2.05. The monoisotopic (exact) mass is 348 g/mol. The van der Waals surface area contributed by atoms with Crippen molar-refractivity contribution in [3.05, 3.63) is 54.1 Å². The van der Waals surface area contributed by atoms with Crippen molar-refractivity contribution < 1.29 is 9.26 Å². The Kier molecular flexibility index (Phi) is 3.85. The molecule has 0 fully saturated rings. The zero-order chi connectivity index (χ0) is 18.1. The SMILES string of the molecule is COc1cccc(-n2nnc(-c3nc(-c4ccccc4C)no3)c2N)c1. The van der Waals surface area contributed by atoms with Crippen molar-refractivity contribution in [2.75, 3.05) is 12.8 Å². The second-order valence-corrected chi connectivity index (χ2v) is 5.67. The molecule has 0 aliphatic rings. The topological polar surface area (TPSA) is 105 Å². The van der Waals surface area contributed by atoms with E-state index in [1.165, 1.54) is 4.68 Å². The van der Waals surface area contributed by atoms with Gasteiger partial charge in [0.25, 0.3) is 5.89 Å². The van der Waals surface area contributed by atoms with Crippen LogP contribution in [0.1, 0.15) is 5.56 Å². The molecule has 2 aromatic heterocycles. The van der Waals surface area contributed by atoms with E-state index in [1.807, 2.05) is 49.4 Å². The first-order chi connectivity index (χ1) is 12.7. The summed E-state index contributed by atoms with van der Waals surface area (Å²) in [6, 6.07) is 15.1. The van der Waals surface area contributed by atoms with Crippen molar-refractivity contribution >= 4 is 5.82 Å². The molecule has 4 aromatic rings. The molecule has 2 heterocycles. The summed E-state index contributed by atoms with van der Waals surface area (Å²) in [6.45, 7) is 1.98. The maximum absolute atomic E-state index is 6.21. The molecule has 0 saturated carbocycles. The number of hydrogen-bond donors (Lipinski definition) is 1. The quantitative estimate of drug-likeness (QED) is 0.604. The third kappa shape index (κ3) is 2.67. The van der Waals surface area contributed by atoms with Crippen LogP contribution in [-0.4, -0.2) is 32.2 Å². The fourth-order valence-corrected chi connectivity index (χ4v) is 2.63. The summed E-state index contributed by atoms with van der Waals surface area (Å²) < 4.78 is 12.1. The van der Waals surface area contributed by atoms with Crippen LogP contribution in [0.15, 0.2) is 53.1 Å². The minimum atomic E-state index is 0.217. The van der Waals surface area contributed by atoms with Gasteiger partial charge in [0.05, 0.1) is 12.8 Å².